The summed E-state index contributed by atoms with van der Waals surface area (Å²) >= 11 is 0. The van der Waals surface area contributed by atoms with E-state index in [4.69, 9.17) is 9.47 Å². The summed E-state index contributed by atoms with van der Waals surface area (Å²) in [6, 6.07) is 17.7. The number of benzene rings is 3. The monoisotopic (exact) mass is 551 g/mol. The number of ether oxygens (including phenoxy) is 3. The molecule has 0 aliphatic carbocycles. The molecule has 0 radical (unpaired) electrons. The van der Waals surface area contributed by atoms with Crippen LogP contribution in [0.5, 0.6) is 17.2 Å². The molecule has 1 unspecified atom stereocenters. The normalized spacial score (nSPS) is 16.4. The predicted molar refractivity (Wildman–Crippen MR) is 136 cm³/mol. The molecule has 1 saturated heterocycles. The highest BCUT2D eigenvalue weighted by Gasteiger charge is 2.41. The molecular weight excluding hydrogens is 528 g/mol. The fraction of sp³-hybridized carbons (Fsp3) is 0.214. The van der Waals surface area contributed by atoms with Gasteiger partial charge in [0.2, 0.25) is 11.8 Å². The topological polar surface area (TPSA) is 123 Å². The van der Waals surface area contributed by atoms with Crippen molar-refractivity contribution in [3.63, 3.8) is 0 Å². The first-order valence-electron chi connectivity index (χ1n) is 12.3. The van der Waals surface area contributed by atoms with Gasteiger partial charge in [-0.1, -0.05) is 30.3 Å². The van der Waals surface area contributed by atoms with Gasteiger partial charge in [0.1, 0.15) is 29.9 Å². The smallest absolute Gasteiger partial charge is 0.411 e. The lowest BCUT2D eigenvalue weighted by atomic mass is 10.0. The Balaban J connectivity index is 1.25. The fourth-order valence-electron chi connectivity index (χ4n) is 4.53. The van der Waals surface area contributed by atoms with E-state index in [1.807, 2.05) is 18.2 Å². The van der Waals surface area contributed by atoms with Crippen LogP contribution >= 0.6 is 0 Å². The Labute approximate surface area is 226 Å². The molecule has 0 spiro atoms. The first-order chi connectivity index (χ1) is 19.3. The van der Waals surface area contributed by atoms with Gasteiger partial charge in [0.15, 0.2) is 0 Å². The number of nitrogens with zero attached hydrogens (tertiary/aromatic N) is 1. The van der Waals surface area contributed by atoms with Crippen molar-refractivity contribution in [3.8, 4) is 17.2 Å². The lowest BCUT2D eigenvalue weighted by molar-refractivity contribution is -0.136. The van der Waals surface area contributed by atoms with Crippen molar-refractivity contribution in [1.82, 2.24) is 10.2 Å². The molecule has 4 amide bonds. The van der Waals surface area contributed by atoms with Gasteiger partial charge in [0, 0.05) is 24.2 Å². The third kappa shape index (κ3) is 5.85. The Hall–Kier alpha value is -5.00. The first kappa shape index (κ1) is 26.6. The van der Waals surface area contributed by atoms with Crippen LogP contribution in [0.25, 0.3) is 0 Å². The molecular formula is C28H23F2N3O7. The summed E-state index contributed by atoms with van der Waals surface area (Å²) in [6.45, 7) is -3.75. The maximum atomic E-state index is 13.3. The summed E-state index contributed by atoms with van der Waals surface area (Å²) in [5.41, 5.74) is 0.676. The lowest BCUT2D eigenvalue weighted by Crippen LogP contribution is -2.52. The molecule has 206 valence electrons. The van der Waals surface area contributed by atoms with Crippen LogP contribution in [0.4, 0.5) is 19.3 Å². The summed E-state index contributed by atoms with van der Waals surface area (Å²) in [6.07, 6.45) is -0.699. The molecule has 40 heavy (non-hydrogen) atoms. The minimum absolute atomic E-state index is 0.0222. The number of halogens is 2. The minimum atomic E-state index is -3.26. The van der Waals surface area contributed by atoms with Crippen molar-refractivity contribution >= 4 is 29.5 Å². The highest BCUT2D eigenvalue weighted by atomic mass is 19.3. The average Bonchev–Trinajstić information content (AvgIpc) is 3.26. The predicted octanol–water partition coefficient (Wildman–Crippen LogP) is 4.59. The molecule has 2 aliphatic rings. The standard InChI is InChI=1S/C28H23F2N3O7/c29-27(30)40-24-17(7-6-16-14-33(26(36)23(16)24)21-12-13-22(34)32-25(21)35)15-38-28(37)31-18-8-10-20(11-9-18)39-19-4-2-1-3-5-19/h1-11,21,27H,12-15H2,(H,31,37)(H,32,34,35). The van der Waals surface area contributed by atoms with Gasteiger partial charge in [0.05, 0.1) is 5.56 Å². The summed E-state index contributed by atoms with van der Waals surface area (Å²) in [4.78, 5) is 50.6. The van der Waals surface area contributed by atoms with Gasteiger partial charge < -0.3 is 19.1 Å². The second-order valence-electron chi connectivity index (χ2n) is 9.01. The number of hydrogen-bond donors (Lipinski definition) is 2. The van der Waals surface area contributed by atoms with Gasteiger partial charge in [-0.15, -0.1) is 0 Å². The van der Waals surface area contributed by atoms with Gasteiger partial charge in [-0.25, -0.2) is 4.79 Å². The highest BCUT2D eigenvalue weighted by Crippen LogP contribution is 2.37. The fourth-order valence-corrected chi connectivity index (χ4v) is 4.53. The van der Waals surface area contributed by atoms with E-state index in [0.717, 1.165) is 0 Å². The molecule has 1 fully saturated rings. The zero-order valence-electron chi connectivity index (χ0n) is 20.9. The zero-order chi connectivity index (χ0) is 28.2. The number of carbonyl (C=O) groups is 4. The number of nitrogens with one attached hydrogen (secondary N) is 2. The number of carbonyl (C=O) groups excluding carboxylic acids is 4. The second-order valence-corrected chi connectivity index (χ2v) is 9.01. The van der Waals surface area contributed by atoms with Crippen LogP contribution in [-0.4, -0.2) is 41.4 Å². The minimum Gasteiger partial charge on any atom is -0.457 e. The summed E-state index contributed by atoms with van der Waals surface area (Å²) in [5.74, 6) is -0.993. The third-order valence-corrected chi connectivity index (χ3v) is 6.37. The average molecular weight is 552 g/mol. The SMILES string of the molecule is O=C1CCC(N2Cc3ccc(COC(=O)Nc4ccc(Oc5ccccc5)cc4)c(OC(F)F)c3C2=O)C(=O)N1. The molecule has 2 N–H and O–H groups in total. The number of hydrogen-bond acceptors (Lipinski definition) is 7. The Morgan fingerprint density at radius 3 is 2.42 bits per heavy atom. The molecule has 0 bridgehead atoms. The summed E-state index contributed by atoms with van der Waals surface area (Å²) in [7, 11) is 0. The van der Waals surface area contributed by atoms with Crippen LogP contribution in [0.2, 0.25) is 0 Å². The van der Waals surface area contributed by atoms with Gasteiger partial charge in [-0.2, -0.15) is 8.78 Å². The molecule has 3 aromatic rings. The van der Waals surface area contributed by atoms with Crippen LogP contribution < -0.4 is 20.1 Å². The van der Waals surface area contributed by atoms with Crippen LogP contribution in [0.3, 0.4) is 0 Å². The number of alkyl halides is 2. The van der Waals surface area contributed by atoms with Gasteiger partial charge in [0.25, 0.3) is 5.91 Å². The molecule has 12 heteroatoms. The number of rotatable bonds is 8. The largest absolute Gasteiger partial charge is 0.457 e. The number of imide groups is 1. The van der Waals surface area contributed by atoms with Crippen molar-refractivity contribution in [1.29, 1.82) is 0 Å². The Morgan fingerprint density at radius 2 is 1.73 bits per heavy atom. The van der Waals surface area contributed by atoms with E-state index in [2.05, 4.69) is 15.4 Å². The van der Waals surface area contributed by atoms with Crippen LogP contribution in [-0.2, 0) is 27.5 Å². The second kappa shape index (κ2) is 11.4. The van der Waals surface area contributed by atoms with Crippen LogP contribution in [0, 0.1) is 0 Å². The van der Waals surface area contributed by atoms with E-state index < -0.39 is 48.8 Å². The Kier molecular flexibility index (Phi) is 7.58. The van der Waals surface area contributed by atoms with Crippen molar-refractivity contribution in [2.24, 2.45) is 0 Å². The lowest BCUT2D eigenvalue weighted by Gasteiger charge is -2.29. The summed E-state index contributed by atoms with van der Waals surface area (Å²) < 4.78 is 42.3. The summed E-state index contributed by atoms with van der Waals surface area (Å²) in [5, 5.41) is 4.71. The van der Waals surface area contributed by atoms with Gasteiger partial charge in [-0.05, 0) is 48.4 Å². The van der Waals surface area contributed by atoms with E-state index in [1.165, 1.54) is 17.0 Å². The zero-order valence-corrected chi connectivity index (χ0v) is 20.9. The number of piperidine rings is 1. The van der Waals surface area contributed by atoms with Gasteiger partial charge in [-0.3, -0.25) is 25.0 Å². The van der Waals surface area contributed by atoms with Gasteiger partial charge >= 0.3 is 12.7 Å². The van der Waals surface area contributed by atoms with E-state index in [-0.39, 0.29) is 30.5 Å². The van der Waals surface area contributed by atoms with E-state index in [0.29, 0.717) is 22.7 Å². The van der Waals surface area contributed by atoms with E-state index in [1.54, 1.807) is 36.4 Å². The number of fused-ring (bicyclic) bond motifs is 1. The maximum absolute atomic E-state index is 13.3. The highest BCUT2D eigenvalue weighted by molar-refractivity contribution is 6.06. The molecule has 0 aromatic heterocycles. The van der Waals surface area contributed by atoms with Crippen molar-refractivity contribution in [3.05, 3.63) is 83.4 Å². The quantitative estimate of drug-likeness (QED) is 0.393. The van der Waals surface area contributed by atoms with Crippen LogP contribution in [0.1, 0.15) is 34.3 Å². The number of amides is 4. The number of anilines is 1. The molecule has 0 saturated carbocycles. The number of para-hydroxylation sites is 1. The molecule has 5 rings (SSSR count). The van der Waals surface area contributed by atoms with Crippen molar-refractivity contribution in [2.75, 3.05) is 5.32 Å². The Morgan fingerprint density at radius 1 is 1.00 bits per heavy atom. The van der Waals surface area contributed by atoms with Crippen molar-refractivity contribution in [2.45, 2.75) is 38.6 Å². The third-order valence-electron chi connectivity index (χ3n) is 6.37. The molecule has 2 aliphatic heterocycles. The van der Waals surface area contributed by atoms with Crippen molar-refractivity contribution < 1.29 is 42.2 Å². The maximum Gasteiger partial charge on any atom is 0.411 e. The molecule has 10 nitrogen and oxygen atoms in total. The molecule has 3 aromatic carbocycles. The van der Waals surface area contributed by atoms with E-state index >= 15 is 0 Å². The molecule has 2 heterocycles. The first-order valence-corrected chi connectivity index (χ1v) is 12.3. The van der Waals surface area contributed by atoms with Crippen LogP contribution in [0.15, 0.2) is 66.7 Å². The molecule has 1 atom stereocenters. The van der Waals surface area contributed by atoms with E-state index in [9.17, 15) is 28.0 Å². The Bertz CT molecular complexity index is 1450.